The molecule has 2 aliphatic carbocycles. The van der Waals surface area contributed by atoms with Crippen LogP contribution in [0, 0.1) is 24.7 Å². The number of hydrogen-bond acceptors (Lipinski definition) is 5. The molecule has 5 rings (SSSR count). The highest BCUT2D eigenvalue weighted by Gasteiger charge is 2.52. The fourth-order valence-corrected chi connectivity index (χ4v) is 6.78. The monoisotopic (exact) mass is 466 g/mol. The summed E-state index contributed by atoms with van der Waals surface area (Å²) in [6.45, 7) is 2.27. The Bertz CT molecular complexity index is 1310. The number of benzene rings is 2. The Kier molecular flexibility index (Phi) is 5.58. The molecule has 33 heavy (non-hydrogen) atoms. The SMILES string of the molecule is Cc1cc(COc2ccc(S(=O)(=O)NC3C4CCC(C4)C3C(=O)O)cc2)c2ccccc2n1. The van der Waals surface area contributed by atoms with E-state index in [2.05, 4.69) is 9.71 Å². The van der Waals surface area contributed by atoms with Gasteiger partial charge < -0.3 is 9.84 Å². The van der Waals surface area contributed by atoms with Gasteiger partial charge in [-0.2, -0.15) is 0 Å². The molecule has 2 aliphatic rings. The lowest BCUT2D eigenvalue weighted by Crippen LogP contribution is -2.46. The number of carboxylic acids is 1. The minimum atomic E-state index is -3.83. The second-order valence-electron chi connectivity index (χ2n) is 9.04. The molecule has 0 saturated heterocycles. The molecule has 1 aromatic heterocycles. The number of rotatable bonds is 7. The normalized spacial score (nSPS) is 24.3. The zero-order valence-corrected chi connectivity index (χ0v) is 19.1. The molecule has 4 unspecified atom stereocenters. The summed E-state index contributed by atoms with van der Waals surface area (Å²) in [5.41, 5.74) is 2.82. The second kappa shape index (κ2) is 8.43. The van der Waals surface area contributed by atoms with Crippen molar-refractivity contribution in [2.45, 2.75) is 43.7 Å². The van der Waals surface area contributed by atoms with Crippen LogP contribution in [0.4, 0.5) is 0 Å². The van der Waals surface area contributed by atoms with Crippen molar-refractivity contribution in [1.82, 2.24) is 9.71 Å². The van der Waals surface area contributed by atoms with E-state index in [1.54, 1.807) is 12.1 Å². The van der Waals surface area contributed by atoms with Crippen molar-refractivity contribution in [2.75, 3.05) is 0 Å². The van der Waals surface area contributed by atoms with E-state index in [-0.39, 0.29) is 16.7 Å². The Morgan fingerprint density at radius 3 is 2.61 bits per heavy atom. The molecule has 0 aliphatic heterocycles. The van der Waals surface area contributed by atoms with Crippen molar-refractivity contribution >= 4 is 26.9 Å². The van der Waals surface area contributed by atoms with E-state index in [4.69, 9.17) is 4.74 Å². The number of carbonyl (C=O) groups is 1. The van der Waals surface area contributed by atoms with Crippen LogP contribution in [0.25, 0.3) is 10.9 Å². The molecule has 2 saturated carbocycles. The summed E-state index contributed by atoms with van der Waals surface area (Å²) in [6.07, 6.45) is 2.51. The molecule has 4 atom stereocenters. The van der Waals surface area contributed by atoms with E-state index in [1.165, 1.54) is 12.1 Å². The highest BCUT2D eigenvalue weighted by Crippen LogP contribution is 2.49. The Hall–Kier alpha value is -2.97. The van der Waals surface area contributed by atoms with Gasteiger partial charge in [-0.25, -0.2) is 13.1 Å². The molecule has 2 aromatic carbocycles. The number of para-hydroxylation sites is 1. The van der Waals surface area contributed by atoms with Gasteiger partial charge in [-0.3, -0.25) is 9.78 Å². The number of pyridine rings is 1. The number of sulfonamides is 1. The van der Waals surface area contributed by atoms with Gasteiger partial charge in [-0.1, -0.05) is 18.2 Å². The van der Waals surface area contributed by atoms with E-state index in [9.17, 15) is 18.3 Å². The Morgan fingerprint density at radius 1 is 1.12 bits per heavy atom. The lowest BCUT2D eigenvalue weighted by Gasteiger charge is -2.28. The van der Waals surface area contributed by atoms with Gasteiger partial charge in [0, 0.05) is 22.7 Å². The van der Waals surface area contributed by atoms with Crippen molar-refractivity contribution in [3.05, 3.63) is 65.9 Å². The summed E-state index contributed by atoms with van der Waals surface area (Å²) in [4.78, 5) is 16.3. The Morgan fingerprint density at radius 2 is 1.85 bits per heavy atom. The number of aryl methyl sites for hydroxylation is 1. The Balaban J connectivity index is 1.29. The van der Waals surface area contributed by atoms with Crippen LogP contribution < -0.4 is 9.46 Å². The van der Waals surface area contributed by atoms with Gasteiger partial charge >= 0.3 is 5.97 Å². The van der Waals surface area contributed by atoms with Crippen LogP contribution in [0.1, 0.15) is 30.5 Å². The smallest absolute Gasteiger partial charge is 0.308 e. The number of aliphatic carboxylic acids is 1. The van der Waals surface area contributed by atoms with Gasteiger partial charge in [0.15, 0.2) is 0 Å². The summed E-state index contributed by atoms with van der Waals surface area (Å²) < 4.78 is 34.5. The quantitative estimate of drug-likeness (QED) is 0.547. The fourth-order valence-electron chi connectivity index (χ4n) is 5.45. The van der Waals surface area contributed by atoms with E-state index in [0.29, 0.717) is 12.4 Å². The summed E-state index contributed by atoms with van der Waals surface area (Å²) in [5.74, 6) is -0.871. The van der Waals surface area contributed by atoms with E-state index >= 15 is 0 Å². The zero-order chi connectivity index (χ0) is 23.2. The third kappa shape index (κ3) is 4.20. The third-order valence-corrected chi connectivity index (χ3v) is 8.43. The lowest BCUT2D eigenvalue weighted by molar-refractivity contribution is -0.144. The number of aromatic nitrogens is 1. The molecular formula is C25H26N2O5S. The molecule has 0 amide bonds. The molecule has 7 nitrogen and oxygen atoms in total. The number of ether oxygens (including phenoxy) is 1. The lowest BCUT2D eigenvalue weighted by atomic mass is 9.85. The van der Waals surface area contributed by atoms with Gasteiger partial charge in [-0.05, 0) is 74.4 Å². The van der Waals surface area contributed by atoms with Crippen LogP contribution in [-0.2, 0) is 21.4 Å². The largest absolute Gasteiger partial charge is 0.489 e. The third-order valence-electron chi connectivity index (χ3n) is 6.95. The average Bonchev–Trinajstić information content (AvgIpc) is 3.39. The maximum Gasteiger partial charge on any atom is 0.308 e. The Labute approximate surface area is 192 Å². The van der Waals surface area contributed by atoms with Crippen molar-refractivity contribution in [3.8, 4) is 5.75 Å². The topological polar surface area (TPSA) is 106 Å². The maximum atomic E-state index is 13.0. The first-order valence-electron chi connectivity index (χ1n) is 11.1. The first-order chi connectivity index (χ1) is 15.8. The average molecular weight is 467 g/mol. The predicted molar refractivity (Wildman–Crippen MR) is 123 cm³/mol. The van der Waals surface area contributed by atoms with Crippen molar-refractivity contribution in [2.24, 2.45) is 17.8 Å². The number of hydrogen-bond donors (Lipinski definition) is 2. The van der Waals surface area contributed by atoms with Gasteiger partial charge in [0.05, 0.1) is 16.3 Å². The fraction of sp³-hybridized carbons (Fsp3) is 0.360. The number of carboxylic acid groups (broad SMARTS) is 1. The van der Waals surface area contributed by atoms with E-state index < -0.39 is 28.0 Å². The van der Waals surface area contributed by atoms with E-state index in [0.717, 1.165) is 41.4 Å². The molecule has 2 N–H and O–H groups in total. The minimum absolute atomic E-state index is 0.0591. The summed E-state index contributed by atoms with van der Waals surface area (Å²) in [7, 11) is -3.83. The second-order valence-corrected chi connectivity index (χ2v) is 10.8. The predicted octanol–water partition coefficient (Wildman–Crippen LogP) is 3.90. The summed E-state index contributed by atoms with van der Waals surface area (Å²) >= 11 is 0. The van der Waals surface area contributed by atoms with Crippen LogP contribution >= 0.6 is 0 Å². The zero-order valence-electron chi connectivity index (χ0n) is 18.3. The maximum absolute atomic E-state index is 13.0. The van der Waals surface area contributed by atoms with Crippen LogP contribution in [-0.4, -0.2) is 30.5 Å². The van der Waals surface area contributed by atoms with Gasteiger partial charge in [0.25, 0.3) is 0 Å². The standard InChI is InChI=1S/C25H26N2O5S/c1-15-12-18(21-4-2-3-5-22(21)26-15)14-32-19-8-10-20(11-9-19)33(30,31)27-24-17-7-6-16(13-17)23(24)25(28)29/h2-5,8-12,16-17,23-24,27H,6-7,13-14H2,1H3,(H,28,29). The highest BCUT2D eigenvalue weighted by molar-refractivity contribution is 7.89. The minimum Gasteiger partial charge on any atom is -0.489 e. The van der Waals surface area contributed by atoms with E-state index in [1.807, 2.05) is 37.3 Å². The molecule has 0 spiro atoms. The number of fused-ring (bicyclic) bond motifs is 3. The first kappa shape index (κ1) is 21.9. The van der Waals surface area contributed by atoms with Crippen molar-refractivity contribution < 1.29 is 23.1 Å². The molecule has 3 aromatic rings. The molecule has 2 fully saturated rings. The van der Waals surface area contributed by atoms with Crippen LogP contribution in [0.15, 0.2) is 59.5 Å². The molecule has 1 heterocycles. The molecule has 172 valence electrons. The summed E-state index contributed by atoms with van der Waals surface area (Å²) in [5, 5.41) is 10.6. The van der Waals surface area contributed by atoms with Gasteiger partial charge in [0.2, 0.25) is 10.0 Å². The number of nitrogens with zero attached hydrogens (tertiary/aromatic N) is 1. The molecular weight excluding hydrogens is 440 g/mol. The van der Waals surface area contributed by atoms with Crippen LogP contribution in [0.5, 0.6) is 5.75 Å². The van der Waals surface area contributed by atoms with Gasteiger partial charge in [-0.15, -0.1) is 0 Å². The van der Waals surface area contributed by atoms with Crippen LogP contribution in [0.3, 0.4) is 0 Å². The molecule has 2 bridgehead atoms. The highest BCUT2D eigenvalue weighted by atomic mass is 32.2. The van der Waals surface area contributed by atoms with Crippen LogP contribution in [0.2, 0.25) is 0 Å². The van der Waals surface area contributed by atoms with Crippen molar-refractivity contribution in [3.63, 3.8) is 0 Å². The summed E-state index contributed by atoms with van der Waals surface area (Å²) in [6, 6.07) is 15.5. The molecule has 0 radical (unpaired) electrons. The first-order valence-corrected chi connectivity index (χ1v) is 12.6. The number of nitrogens with one attached hydrogen (secondary N) is 1. The van der Waals surface area contributed by atoms with Crippen molar-refractivity contribution in [1.29, 1.82) is 0 Å². The van der Waals surface area contributed by atoms with Gasteiger partial charge in [0.1, 0.15) is 12.4 Å². The molecule has 8 heteroatoms.